The van der Waals surface area contributed by atoms with Gasteiger partial charge in [-0.25, -0.2) is 8.78 Å². The van der Waals surface area contributed by atoms with E-state index >= 15 is 0 Å². The van der Waals surface area contributed by atoms with E-state index in [9.17, 15) is 8.78 Å². The van der Waals surface area contributed by atoms with Crippen molar-refractivity contribution in [2.24, 2.45) is 0 Å². The molecule has 0 aliphatic heterocycles. The van der Waals surface area contributed by atoms with E-state index in [0.29, 0.717) is 28.7 Å². The smallest absolute Gasteiger partial charge is 0.166 e. The predicted molar refractivity (Wildman–Crippen MR) is 83.5 cm³/mol. The van der Waals surface area contributed by atoms with Gasteiger partial charge in [0.05, 0.1) is 0 Å². The molecule has 0 amide bonds. The Kier molecular flexibility index (Phi) is 4.96. The number of hydrogen-bond acceptors (Lipinski definition) is 1. The van der Waals surface area contributed by atoms with Crippen LogP contribution < -0.4 is 5.32 Å². The molecule has 0 aliphatic carbocycles. The highest BCUT2D eigenvalue weighted by atomic mass is 35.5. The van der Waals surface area contributed by atoms with Crippen LogP contribution in [0.15, 0.2) is 30.3 Å². The lowest BCUT2D eigenvalue weighted by Gasteiger charge is -2.14. The first-order valence-corrected chi connectivity index (χ1v) is 7.24. The van der Waals surface area contributed by atoms with Crippen LogP contribution in [0, 0.1) is 18.6 Å². The summed E-state index contributed by atoms with van der Waals surface area (Å²) in [7, 11) is 0. The second-order valence-corrected chi connectivity index (χ2v) is 5.83. The monoisotopic (exact) mass is 309 g/mol. The maximum atomic E-state index is 14.2. The molecule has 0 saturated carbocycles. The number of halogens is 3. The molecule has 21 heavy (non-hydrogen) atoms. The first-order valence-electron chi connectivity index (χ1n) is 6.87. The number of hydrogen-bond donors (Lipinski definition) is 1. The van der Waals surface area contributed by atoms with Crippen LogP contribution in [0.5, 0.6) is 0 Å². The zero-order valence-electron chi connectivity index (χ0n) is 12.3. The molecule has 0 radical (unpaired) electrons. The van der Waals surface area contributed by atoms with Gasteiger partial charge in [0.15, 0.2) is 11.6 Å². The van der Waals surface area contributed by atoms with Crippen molar-refractivity contribution in [3.8, 4) is 11.1 Å². The average Bonchev–Trinajstić information content (AvgIpc) is 2.43. The van der Waals surface area contributed by atoms with Crippen LogP contribution in [0.3, 0.4) is 0 Å². The Hall–Kier alpha value is -1.45. The molecule has 0 heterocycles. The molecule has 0 aromatic heterocycles. The van der Waals surface area contributed by atoms with E-state index in [4.69, 9.17) is 11.6 Å². The van der Waals surface area contributed by atoms with Gasteiger partial charge in [-0.15, -0.1) is 0 Å². The van der Waals surface area contributed by atoms with Gasteiger partial charge < -0.3 is 5.32 Å². The van der Waals surface area contributed by atoms with Crippen molar-refractivity contribution in [2.45, 2.75) is 33.4 Å². The highest BCUT2D eigenvalue weighted by Gasteiger charge is 2.15. The van der Waals surface area contributed by atoms with E-state index in [-0.39, 0.29) is 5.56 Å². The summed E-state index contributed by atoms with van der Waals surface area (Å²) in [6.07, 6.45) is 0. The zero-order chi connectivity index (χ0) is 15.6. The predicted octanol–water partition coefficient (Wildman–Crippen LogP) is 5.09. The summed E-state index contributed by atoms with van der Waals surface area (Å²) in [5, 5.41) is 3.78. The molecule has 2 rings (SSSR count). The summed E-state index contributed by atoms with van der Waals surface area (Å²) in [5.41, 5.74) is 2.03. The molecule has 2 aromatic carbocycles. The van der Waals surface area contributed by atoms with Crippen molar-refractivity contribution in [1.29, 1.82) is 0 Å². The highest BCUT2D eigenvalue weighted by Crippen LogP contribution is 2.31. The molecule has 1 nitrogen and oxygen atoms in total. The van der Waals surface area contributed by atoms with Crippen LogP contribution in [0.25, 0.3) is 11.1 Å². The average molecular weight is 310 g/mol. The van der Waals surface area contributed by atoms with Gasteiger partial charge in [0, 0.05) is 23.2 Å². The maximum absolute atomic E-state index is 14.2. The molecule has 2 aromatic rings. The molecule has 0 bridgehead atoms. The third-order valence-corrected chi connectivity index (χ3v) is 3.57. The van der Waals surface area contributed by atoms with Gasteiger partial charge in [-0.2, -0.15) is 0 Å². The van der Waals surface area contributed by atoms with Crippen molar-refractivity contribution >= 4 is 11.6 Å². The van der Waals surface area contributed by atoms with Gasteiger partial charge in [0.1, 0.15) is 0 Å². The number of rotatable bonds is 4. The number of benzene rings is 2. The largest absolute Gasteiger partial charge is 0.310 e. The number of aryl methyl sites for hydroxylation is 1. The third kappa shape index (κ3) is 3.60. The van der Waals surface area contributed by atoms with Crippen LogP contribution in [0.1, 0.15) is 25.0 Å². The van der Waals surface area contributed by atoms with E-state index in [0.717, 1.165) is 5.56 Å². The van der Waals surface area contributed by atoms with E-state index < -0.39 is 11.6 Å². The standard InChI is InChI=1S/C17H18ClF2N/c1-10(2)21-9-12-5-6-13(18)8-15(12)14-7-4-11(3)16(19)17(14)20/h4-8,10,21H,9H2,1-3H3. The van der Waals surface area contributed by atoms with Crippen molar-refractivity contribution < 1.29 is 8.78 Å². The minimum atomic E-state index is -0.830. The minimum Gasteiger partial charge on any atom is -0.310 e. The second kappa shape index (κ2) is 6.54. The van der Waals surface area contributed by atoms with Crippen LogP contribution in [-0.4, -0.2) is 6.04 Å². The molecule has 0 aliphatic rings. The first-order chi connectivity index (χ1) is 9.90. The molecule has 0 saturated heterocycles. The maximum Gasteiger partial charge on any atom is 0.166 e. The molecule has 0 fully saturated rings. The Morgan fingerprint density at radius 3 is 2.43 bits per heavy atom. The van der Waals surface area contributed by atoms with Crippen molar-refractivity contribution in [3.63, 3.8) is 0 Å². The Morgan fingerprint density at radius 1 is 1.05 bits per heavy atom. The molecule has 112 valence electrons. The highest BCUT2D eigenvalue weighted by molar-refractivity contribution is 6.30. The van der Waals surface area contributed by atoms with Crippen LogP contribution in [-0.2, 0) is 6.54 Å². The second-order valence-electron chi connectivity index (χ2n) is 5.40. The van der Waals surface area contributed by atoms with Gasteiger partial charge in [-0.3, -0.25) is 0 Å². The fraction of sp³-hybridized carbons (Fsp3) is 0.294. The van der Waals surface area contributed by atoms with E-state index in [2.05, 4.69) is 5.32 Å². The normalized spacial score (nSPS) is 11.2. The summed E-state index contributed by atoms with van der Waals surface area (Å²) in [5.74, 6) is -1.64. The van der Waals surface area contributed by atoms with Crippen molar-refractivity contribution in [3.05, 3.63) is 58.1 Å². The van der Waals surface area contributed by atoms with E-state index in [1.807, 2.05) is 19.9 Å². The lowest BCUT2D eigenvalue weighted by Crippen LogP contribution is -2.22. The van der Waals surface area contributed by atoms with Crippen LogP contribution in [0.4, 0.5) is 8.78 Å². The quantitative estimate of drug-likeness (QED) is 0.829. The first kappa shape index (κ1) is 15.9. The fourth-order valence-corrected chi connectivity index (χ4v) is 2.29. The van der Waals surface area contributed by atoms with Gasteiger partial charge in [0.25, 0.3) is 0 Å². The van der Waals surface area contributed by atoms with Gasteiger partial charge >= 0.3 is 0 Å². The van der Waals surface area contributed by atoms with E-state index in [1.165, 1.54) is 0 Å². The Bertz CT molecular complexity index is 653. The molecule has 4 heteroatoms. The van der Waals surface area contributed by atoms with Crippen molar-refractivity contribution in [2.75, 3.05) is 0 Å². The fourth-order valence-electron chi connectivity index (χ4n) is 2.12. The zero-order valence-corrected chi connectivity index (χ0v) is 13.1. The SMILES string of the molecule is Cc1ccc(-c2cc(Cl)ccc2CNC(C)C)c(F)c1F. The third-order valence-electron chi connectivity index (χ3n) is 3.34. The molecular formula is C17H18ClF2N. The molecular weight excluding hydrogens is 292 g/mol. The Labute approximate surface area is 128 Å². The van der Waals surface area contributed by atoms with Crippen LogP contribution >= 0.6 is 11.6 Å². The van der Waals surface area contributed by atoms with Gasteiger partial charge in [-0.1, -0.05) is 43.6 Å². The number of nitrogens with one attached hydrogen (secondary N) is 1. The molecule has 1 N–H and O–H groups in total. The van der Waals surface area contributed by atoms with Crippen LogP contribution in [0.2, 0.25) is 5.02 Å². The lowest BCUT2D eigenvalue weighted by atomic mass is 9.97. The lowest BCUT2D eigenvalue weighted by molar-refractivity contribution is 0.505. The topological polar surface area (TPSA) is 12.0 Å². The Balaban J connectivity index is 2.52. The molecule has 0 spiro atoms. The minimum absolute atomic E-state index is 0.237. The molecule has 0 unspecified atom stereocenters. The summed E-state index contributed by atoms with van der Waals surface area (Å²) >= 11 is 6.02. The Morgan fingerprint density at radius 2 is 1.76 bits per heavy atom. The summed E-state index contributed by atoms with van der Waals surface area (Å²) in [4.78, 5) is 0. The van der Waals surface area contributed by atoms with Gasteiger partial charge in [-0.05, 0) is 35.7 Å². The summed E-state index contributed by atoms with van der Waals surface area (Å²) in [6.45, 7) is 6.17. The van der Waals surface area contributed by atoms with E-state index in [1.54, 1.807) is 31.2 Å². The van der Waals surface area contributed by atoms with Gasteiger partial charge in [0.2, 0.25) is 0 Å². The molecule has 0 atom stereocenters. The van der Waals surface area contributed by atoms with Crippen molar-refractivity contribution in [1.82, 2.24) is 5.32 Å². The summed E-state index contributed by atoms with van der Waals surface area (Å²) in [6, 6.07) is 8.74. The summed E-state index contributed by atoms with van der Waals surface area (Å²) < 4.78 is 28.0.